The van der Waals surface area contributed by atoms with E-state index >= 15 is 0 Å². The molecule has 2 fully saturated rings. The number of piperidine rings is 1. The molecule has 0 unspecified atom stereocenters. The first kappa shape index (κ1) is 21.6. The van der Waals surface area contributed by atoms with Gasteiger partial charge in [-0.05, 0) is 51.1 Å². The highest BCUT2D eigenvalue weighted by atomic mass is 19.4. The quantitative estimate of drug-likeness (QED) is 0.824. The van der Waals surface area contributed by atoms with E-state index in [0.29, 0.717) is 52.2 Å². The molecule has 0 bridgehead atoms. The molecule has 29 heavy (non-hydrogen) atoms. The zero-order valence-corrected chi connectivity index (χ0v) is 16.4. The maximum absolute atomic E-state index is 12.8. The summed E-state index contributed by atoms with van der Waals surface area (Å²) in [5.74, 6) is -0.264. The van der Waals surface area contributed by atoms with Crippen LogP contribution in [-0.4, -0.2) is 67.0 Å². The summed E-state index contributed by atoms with van der Waals surface area (Å²) in [6.07, 6.45) is -3.13. The molecule has 0 saturated carbocycles. The van der Waals surface area contributed by atoms with Crippen LogP contribution in [0.4, 0.5) is 18.9 Å². The molecule has 0 radical (unpaired) electrons. The Morgan fingerprint density at radius 1 is 1.14 bits per heavy atom. The molecule has 1 aromatic rings. The molecule has 3 rings (SSSR count). The van der Waals surface area contributed by atoms with E-state index in [1.165, 1.54) is 12.1 Å². The van der Waals surface area contributed by atoms with Gasteiger partial charge in [-0.2, -0.15) is 13.2 Å². The first-order valence-electron chi connectivity index (χ1n) is 9.84. The molecule has 9 heteroatoms. The number of carbonyl (C=O) groups excluding carboxylic acids is 2. The molecule has 2 amide bonds. The van der Waals surface area contributed by atoms with Crippen molar-refractivity contribution in [2.45, 2.75) is 32.0 Å². The van der Waals surface area contributed by atoms with Gasteiger partial charge in [-0.25, -0.2) is 0 Å². The van der Waals surface area contributed by atoms with Crippen LogP contribution in [0, 0.1) is 5.92 Å². The first-order valence-corrected chi connectivity index (χ1v) is 9.84. The fourth-order valence-electron chi connectivity index (χ4n) is 3.76. The number of halogens is 3. The summed E-state index contributed by atoms with van der Waals surface area (Å²) >= 11 is 0. The molecule has 0 spiro atoms. The van der Waals surface area contributed by atoms with Gasteiger partial charge in [0.05, 0.1) is 24.8 Å². The summed E-state index contributed by atoms with van der Waals surface area (Å²) in [6, 6.07) is 4.11. The Bertz CT molecular complexity index is 727. The lowest BCUT2D eigenvalue weighted by atomic mass is 9.94. The van der Waals surface area contributed by atoms with Crippen molar-refractivity contribution in [3.8, 4) is 0 Å². The number of anilines is 1. The minimum absolute atomic E-state index is 0.0527. The Hall–Kier alpha value is -2.13. The Balaban J connectivity index is 1.52. The van der Waals surface area contributed by atoms with Crippen LogP contribution in [0.25, 0.3) is 0 Å². The van der Waals surface area contributed by atoms with Gasteiger partial charge in [0.1, 0.15) is 0 Å². The first-order chi connectivity index (χ1) is 13.8. The second kappa shape index (κ2) is 9.13. The van der Waals surface area contributed by atoms with Crippen LogP contribution in [0.1, 0.15) is 25.3 Å². The molecular formula is C20H26F3N3O3. The van der Waals surface area contributed by atoms with Crippen molar-refractivity contribution < 1.29 is 27.5 Å². The third kappa shape index (κ3) is 5.48. The summed E-state index contributed by atoms with van der Waals surface area (Å²) in [7, 11) is 0. The molecule has 0 aromatic heterocycles. The van der Waals surface area contributed by atoms with E-state index in [2.05, 4.69) is 5.32 Å². The number of nitrogens with one attached hydrogen (secondary N) is 1. The third-order valence-electron chi connectivity index (χ3n) is 5.59. The number of alkyl halides is 3. The van der Waals surface area contributed by atoms with E-state index in [-0.39, 0.29) is 23.4 Å². The van der Waals surface area contributed by atoms with Crippen LogP contribution in [-0.2, 0) is 20.5 Å². The van der Waals surface area contributed by atoms with Crippen molar-refractivity contribution in [2.75, 3.05) is 44.7 Å². The van der Waals surface area contributed by atoms with Gasteiger partial charge >= 0.3 is 6.18 Å². The molecule has 2 saturated heterocycles. The predicted molar refractivity (Wildman–Crippen MR) is 101 cm³/mol. The maximum Gasteiger partial charge on any atom is 0.416 e. The number of carbonyl (C=O) groups is 2. The van der Waals surface area contributed by atoms with Crippen LogP contribution in [0.3, 0.4) is 0 Å². The number of hydrogen-bond donors (Lipinski definition) is 1. The topological polar surface area (TPSA) is 61.9 Å². The second-order valence-corrected chi connectivity index (χ2v) is 7.49. The van der Waals surface area contributed by atoms with Crippen molar-refractivity contribution in [2.24, 2.45) is 5.92 Å². The zero-order chi connectivity index (χ0) is 21.0. The minimum atomic E-state index is -4.46. The Labute approximate surface area is 168 Å². The Morgan fingerprint density at radius 3 is 2.41 bits per heavy atom. The van der Waals surface area contributed by atoms with Crippen LogP contribution in [0.15, 0.2) is 24.3 Å². The fourth-order valence-corrected chi connectivity index (χ4v) is 3.76. The largest absolute Gasteiger partial charge is 0.416 e. The van der Waals surface area contributed by atoms with Crippen LogP contribution in [0.5, 0.6) is 0 Å². The summed E-state index contributed by atoms with van der Waals surface area (Å²) in [6.45, 7) is 5.29. The smallest absolute Gasteiger partial charge is 0.378 e. The van der Waals surface area contributed by atoms with Crippen molar-refractivity contribution in [1.82, 2.24) is 9.80 Å². The molecule has 160 valence electrons. The second-order valence-electron chi connectivity index (χ2n) is 7.49. The molecule has 2 aliphatic heterocycles. The highest BCUT2D eigenvalue weighted by Crippen LogP contribution is 2.30. The molecule has 2 aliphatic rings. The summed E-state index contributed by atoms with van der Waals surface area (Å²) in [5, 5.41) is 2.57. The molecule has 2 heterocycles. The molecule has 1 atom stereocenters. The number of hydrogen-bond acceptors (Lipinski definition) is 4. The molecule has 1 aromatic carbocycles. The molecule has 6 nitrogen and oxygen atoms in total. The highest BCUT2D eigenvalue weighted by molar-refractivity contribution is 5.94. The number of benzene rings is 1. The van der Waals surface area contributed by atoms with Gasteiger partial charge in [0, 0.05) is 24.7 Å². The van der Waals surface area contributed by atoms with E-state index in [0.717, 1.165) is 12.1 Å². The number of ether oxygens (including phenoxy) is 1. The number of amides is 2. The molecule has 1 N–H and O–H groups in total. The van der Waals surface area contributed by atoms with E-state index in [9.17, 15) is 22.8 Å². The van der Waals surface area contributed by atoms with Gasteiger partial charge < -0.3 is 15.0 Å². The van der Waals surface area contributed by atoms with Gasteiger partial charge in [0.25, 0.3) is 0 Å². The molecule has 0 aliphatic carbocycles. The van der Waals surface area contributed by atoms with E-state index < -0.39 is 17.8 Å². The van der Waals surface area contributed by atoms with Gasteiger partial charge in [-0.1, -0.05) is 6.07 Å². The number of likely N-dealkylation sites (tertiary alicyclic amines) is 1. The summed E-state index contributed by atoms with van der Waals surface area (Å²) in [4.78, 5) is 28.9. The lowest BCUT2D eigenvalue weighted by molar-refractivity contribution is -0.141. The number of morpholine rings is 1. The summed E-state index contributed by atoms with van der Waals surface area (Å²) in [5.41, 5.74) is -0.681. The fraction of sp³-hybridized carbons (Fsp3) is 0.600. The third-order valence-corrected chi connectivity index (χ3v) is 5.59. The van der Waals surface area contributed by atoms with Gasteiger partial charge in [0.15, 0.2) is 0 Å². The lowest BCUT2D eigenvalue weighted by Crippen LogP contribution is -2.50. The minimum Gasteiger partial charge on any atom is -0.378 e. The van der Waals surface area contributed by atoms with Crippen molar-refractivity contribution in [3.63, 3.8) is 0 Å². The van der Waals surface area contributed by atoms with Gasteiger partial charge in [-0.3, -0.25) is 14.5 Å². The van der Waals surface area contributed by atoms with Crippen molar-refractivity contribution in [3.05, 3.63) is 29.8 Å². The Kier molecular flexibility index (Phi) is 6.79. The van der Waals surface area contributed by atoms with E-state index in [4.69, 9.17) is 4.74 Å². The van der Waals surface area contributed by atoms with Crippen LogP contribution >= 0.6 is 0 Å². The zero-order valence-electron chi connectivity index (χ0n) is 16.4. The summed E-state index contributed by atoms with van der Waals surface area (Å²) < 4.78 is 43.8. The van der Waals surface area contributed by atoms with Crippen molar-refractivity contribution in [1.29, 1.82) is 0 Å². The Morgan fingerprint density at radius 2 is 1.79 bits per heavy atom. The predicted octanol–water partition coefficient (Wildman–Crippen LogP) is 2.60. The number of rotatable bonds is 4. The van der Waals surface area contributed by atoms with Crippen LogP contribution in [0.2, 0.25) is 0 Å². The SMILES string of the molecule is C[C@H](C(=O)Nc1cccc(C(F)(F)F)c1)N1CCC(C(=O)N2CCOCC2)CC1. The van der Waals surface area contributed by atoms with E-state index in [1.54, 1.807) is 6.92 Å². The standard InChI is InChI=1S/C20H26F3N3O3/c1-14(18(27)24-17-4-2-3-16(13-17)20(21,22)23)25-7-5-15(6-8-25)19(28)26-9-11-29-12-10-26/h2-4,13-15H,5-12H2,1H3,(H,24,27)/t14-/m1/s1. The average Bonchev–Trinajstić information content (AvgIpc) is 2.73. The molecular weight excluding hydrogens is 387 g/mol. The highest BCUT2D eigenvalue weighted by Gasteiger charge is 2.33. The van der Waals surface area contributed by atoms with Gasteiger partial charge in [-0.15, -0.1) is 0 Å². The van der Waals surface area contributed by atoms with Crippen LogP contribution < -0.4 is 5.32 Å². The maximum atomic E-state index is 12.8. The monoisotopic (exact) mass is 413 g/mol. The van der Waals surface area contributed by atoms with Crippen molar-refractivity contribution >= 4 is 17.5 Å². The normalized spacial score (nSPS) is 20.3. The average molecular weight is 413 g/mol. The van der Waals surface area contributed by atoms with E-state index in [1.807, 2.05) is 9.80 Å². The lowest BCUT2D eigenvalue weighted by Gasteiger charge is -2.37. The number of nitrogens with zero attached hydrogens (tertiary/aromatic N) is 2. The van der Waals surface area contributed by atoms with Gasteiger partial charge in [0.2, 0.25) is 11.8 Å².